The predicted octanol–water partition coefficient (Wildman–Crippen LogP) is 4.21. The Labute approximate surface area is 126 Å². The summed E-state index contributed by atoms with van der Waals surface area (Å²) in [4.78, 5) is 13.2. The molecule has 0 N–H and O–H groups in total. The van der Waals surface area contributed by atoms with Gasteiger partial charge in [-0.25, -0.2) is 4.79 Å². The summed E-state index contributed by atoms with van der Waals surface area (Å²) in [5.74, 6) is -2.02. The molecule has 21 heavy (non-hydrogen) atoms. The number of hydrogen-bond acceptors (Lipinski definition) is 2. The number of amides is 1. The summed E-state index contributed by atoms with van der Waals surface area (Å²) in [6.07, 6.45) is -0.653. The molecule has 2 aromatic rings. The minimum Gasteiger partial charge on any atom is -0.410 e. The number of nitrogens with zero attached hydrogens (tertiary/aromatic N) is 1. The van der Waals surface area contributed by atoms with Gasteiger partial charge in [0, 0.05) is 17.1 Å². The summed E-state index contributed by atoms with van der Waals surface area (Å²) in [5.41, 5.74) is 1.35. The summed E-state index contributed by atoms with van der Waals surface area (Å²) in [5, 5.41) is 0.558. The lowest BCUT2D eigenvalue weighted by Gasteiger charge is -2.17. The van der Waals surface area contributed by atoms with Crippen molar-refractivity contribution < 1.29 is 13.9 Å². The SMILES string of the molecule is O=C1OC(F)(Cc2ccccc2)CN1c1ccc(Cl)cc1. The zero-order valence-electron chi connectivity index (χ0n) is 11.1. The molecule has 0 spiro atoms. The van der Waals surface area contributed by atoms with E-state index in [1.54, 1.807) is 36.4 Å². The van der Waals surface area contributed by atoms with E-state index in [1.807, 2.05) is 18.2 Å². The van der Waals surface area contributed by atoms with Crippen molar-refractivity contribution in [3.8, 4) is 0 Å². The van der Waals surface area contributed by atoms with Crippen LogP contribution in [-0.2, 0) is 11.2 Å². The highest BCUT2D eigenvalue weighted by Gasteiger charge is 2.46. The molecule has 0 bridgehead atoms. The quantitative estimate of drug-likeness (QED) is 0.850. The molecule has 3 nitrogen and oxygen atoms in total. The number of anilines is 1. The molecule has 0 aliphatic carbocycles. The summed E-state index contributed by atoms with van der Waals surface area (Å²) in [6, 6.07) is 15.8. The summed E-state index contributed by atoms with van der Waals surface area (Å²) in [6.45, 7) is -0.137. The standard InChI is InChI=1S/C16H13ClFNO2/c17-13-6-8-14(9-7-13)19-11-16(18,21-15(19)20)10-12-4-2-1-3-5-12/h1-9H,10-11H2. The van der Waals surface area contributed by atoms with Crippen molar-refractivity contribution in [2.24, 2.45) is 0 Å². The van der Waals surface area contributed by atoms with E-state index >= 15 is 0 Å². The Morgan fingerprint density at radius 2 is 1.81 bits per heavy atom. The third-order valence-electron chi connectivity index (χ3n) is 3.33. The maximum absolute atomic E-state index is 14.8. The van der Waals surface area contributed by atoms with Crippen molar-refractivity contribution >= 4 is 23.4 Å². The fraction of sp³-hybridized carbons (Fsp3) is 0.188. The van der Waals surface area contributed by atoms with E-state index in [9.17, 15) is 9.18 Å². The van der Waals surface area contributed by atoms with Crippen LogP contribution < -0.4 is 4.90 Å². The van der Waals surface area contributed by atoms with E-state index < -0.39 is 11.9 Å². The molecule has 1 aliphatic rings. The van der Waals surface area contributed by atoms with Gasteiger partial charge in [-0.15, -0.1) is 0 Å². The van der Waals surface area contributed by atoms with Crippen LogP contribution in [0.5, 0.6) is 0 Å². The van der Waals surface area contributed by atoms with E-state index in [0.717, 1.165) is 5.56 Å². The second-order valence-corrected chi connectivity index (χ2v) is 5.41. The van der Waals surface area contributed by atoms with Gasteiger partial charge in [0.2, 0.25) is 0 Å². The van der Waals surface area contributed by atoms with Crippen LogP contribution in [0.25, 0.3) is 0 Å². The van der Waals surface area contributed by atoms with E-state index in [4.69, 9.17) is 16.3 Å². The highest BCUT2D eigenvalue weighted by atomic mass is 35.5. The second-order valence-electron chi connectivity index (χ2n) is 4.98. The number of cyclic esters (lactones) is 1. The normalized spacial score (nSPS) is 21.4. The van der Waals surface area contributed by atoms with Gasteiger partial charge in [-0.3, -0.25) is 4.90 Å². The van der Waals surface area contributed by atoms with Gasteiger partial charge in [0.05, 0.1) is 6.54 Å². The number of halogens is 2. The van der Waals surface area contributed by atoms with Crippen molar-refractivity contribution in [3.05, 3.63) is 65.2 Å². The Morgan fingerprint density at radius 1 is 1.14 bits per heavy atom. The molecule has 3 rings (SSSR count). The highest BCUT2D eigenvalue weighted by molar-refractivity contribution is 6.30. The first-order valence-corrected chi connectivity index (χ1v) is 6.92. The van der Waals surface area contributed by atoms with E-state index in [1.165, 1.54) is 4.90 Å². The minimum absolute atomic E-state index is 0.0314. The average molecular weight is 306 g/mol. The van der Waals surface area contributed by atoms with Gasteiger partial charge in [0.25, 0.3) is 5.85 Å². The summed E-state index contributed by atoms with van der Waals surface area (Å²) < 4.78 is 19.7. The maximum atomic E-state index is 14.8. The van der Waals surface area contributed by atoms with Crippen LogP contribution in [0, 0.1) is 0 Å². The largest absolute Gasteiger partial charge is 0.417 e. The zero-order valence-corrected chi connectivity index (χ0v) is 11.9. The number of hydrogen-bond donors (Lipinski definition) is 0. The third kappa shape index (κ3) is 3.00. The molecule has 1 aliphatic heterocycles. The second kappa shape index (κ2) is 5.37. The Balaban J connectivity index is 1.79. The van der Waals surface area contributed by atoms with Gasteiger partial charge in [0.1, 0.15) is 0 Å². The van der Waals surface area contributed by atoms with Gasteiger partial charge in [-0.05, 0) is 29.8 Å². The molecular weight excluding hydrogens is 293 g/mol. The van der Waals surface area contributed by atoms with E-state index in [0.29, 0.717) is 10.7 Å². The van der Waals surface area contributed by atoms with Crippen LogP contribution in [0.3, 0.4) is 0 Å². The van der Waals surface area contributed by atoms with Crippen molar-refractivity contribution in [3.63, 3.8) is 0 Å². The Hall–Kier alpha value is -2.07. The Kier molecular flexibility index (Phi) is 3.55. The molecule has 1 atom stereocenters. The van der Waals surface area contributed by atoms with Gasteiger partial charge in [-0.2, -0.15) is 4.39 Å². The highest BCUT2D eigenvalue weighted by Crippen LogP contribution is 2.32. The number of carbonyl (C=O) groups excluding carboxylic acids is 1. The van der Waals surface area contributed by atoms with Crippen molar-refractivity contribution in [2.75, 3.05) is 11.4 Å². The molecule has 1 heterocycles. The number of benzene rings is 2. The van der Waals surface area contributed by atoms with Gasteiger partial charge >= 0.3 is 6.09 Å². The van der Waals surface area contributed by atoms with Crippen LogP contribution in [0.1, 0.15) is 5.56 Å². The maximum Gasteiger partial charge on any atom is 0.417 e. The molecule has 0 aromatic heterocycles. The van der Waals surface area contributed by atoms with E-state index in [2.05, 4.69) is 0 Å². The lowest BCUT2D eigenvalue weighted by atomic mass is 10.1. The zero-order chi connectivity index (χ0) is 14.9. The molecule has 1 unspecified atom stereocenters. The fourth-order valence-corrected chi connectivity index (χ4v) is 2.48. The van der Waals surface area contributed by atoms with Crippen molar-refractivity contribution in [1.29, 1.82) is 0 Å². The fourth-order valence-electron chi connectivity index (χ4n) is 2.35. The molecule has 108 valence electrons. The Bertz CT molecular complexity index is 647. The smallest absolute Gasteiger partial charge is 0.410 e. The number of rotatable bonds is 3. The first kappa shape index (κ1) is 13.9. The first-order valence-electron chi connectivity index (χ1n) is 6.55. The topological polar surface area (TPSA) is 29.5 Å². The molecule has 1 amide bonds. The van der Waals surface area contributed by atoms with Gasteiger partial charge in [-0.1, -0.05) is 41.9 Å². The molecule has 2 aromatic carbocycles. The Morgan fingerprint density at radius 3 is 2.48 bits per heavy atom. The molecule has 1 saturated heterocycles. The molecule has 0 saturated carbocycles. The van der Waals surface area contributed by atoms with Crippen molar-refractivity contribution in [1.82, 2.24) is 0 Å². The third-order valence-corrected chi connectivity index (χ3v) is 3.59. The molecule has 5 heteroatoms. The van der Waals surface area contributed by atoms with Crippen LogP contribution in [0.15, 0.2) is 54.6 Å². The predicted molar refractivity (Wildman–Crippen MR) is 79.3 cm³/mol. The first-order chi connectivity index (χ1) is 10.1. The molecular formula is C16H13ClFNO2. The number of ether oxygens (including phenoxy) is 1. The van der Waals surface area contributed by atoms with Crippen LogP contribution in [0.2, 0.25) is 5.02 Å². The van der Waals surface area contributed by atoms with Gasteiger partial charge < -0.3 is 4.74 Å². The summed E-state index contributed by atoms with van der Waals surface area (Å²) in [7, 11) is 0. The average Bonchev–Trinajstić information content (AvgIpc) is 2.76. The summed E-state index contributed by atoms with van der Waals surface area (Å²) >= 11 is 5.81. The van der Waals surface area contributed by atoms with Crippen LogP contribution in [-0.4, -0.2) is 18.5 Å². The van der Waals surface area contributed by atoms with Crippen molar-refractivity contribution in [2.45, 2.75) is 12.3 Å². The lowest BCUT2D eigenvalue weighted by molar-refractivity contribution is -0.0562. The van der Waals surface area contributed by atoms with E-state index in [-0.39, 0.29) is 13.0 Å². The van der Waals surface area contributed by atoms with Crippen LogP contribution in [0.4, 0.5) is 14.9 Å². The molecule has 1 fully saturated rings. The monoisotopic (exact) mass is 305 g/mol. The minimum atomic E-state index is -2.02. The van der Waals surface area contributed by atoms with Gasteiger partial charge in [0.15, 0.2) is 0 Å². The molecule has 0 radical (unpaired) electrons. The number of carbonyl (C=O) groups is 1. The van der Waals surface area contributed by atoms with Crippen LogP contribution >= 0.6 is 11.6 Å². The number of alkyl halides is 1. The lowest BCUT2D eigenvalue weighted by Crippen LogP contribution is -2.32.